The number of carbonyl (C=O) groups is 2. The number of hydrogen-bond donors (Lipinski definition) is 1. The van der Waals surface area contributed by atoms with Gasteiger partial charge in [-0.1, -0.05) is 11.6 Å². The Morgan fingerprint density at radius 3 is 2.71 bits per heavy atom. The van der Waals surface area contributed by atoms with E-state index < -0.39 is 11.7 Å². The fourth-order valence-corrected chi connectivity index (χ4v) is 1.95. The Balaban J connectivity index is 2.76. The fourth-order valence-electron chi connectivity index (χ4n) is 1.39. The first-order valence-electron chi connectivity index (χ1n) is 3.86. The number of halogens is 2. The summed E-state index contributed by atoms with van der Waals surface area (Å²) in [5.74, 6) is -1.13. The van der Waals surface area contributed by atoms with Crippen molar-refractivity contribution in [2.24, 2.45) is 0 Å². The highest BCUT2D eigenvalue weighted by Gasteiger charge is 2.30. The number of carbonyl (C=O) groups excluding carboxylic acids is 2. The normalized spacial score (nSPS) is 14.2. The summed E-state index contributed by atoms with van der Waals surface area (Å²) in [6.07, 6.45) is 0. The van der Waals surface area contributed by atoms with E-state index in [9.17, 15) is 9.59 Å². The van der Waals surface area contributed by atoms with Gasteiger partial charge in [0.05, 0.1) is 16.3 Å². The summed E-state index contributed by atoms with van der Waals surface area (Å²) in [5.41, 5.74) is 1.67. The maximum atomic E-state index is 11.3. The van der Waals surface area contributed by atoms with Crippen LogP contribution in [0, 0.1) is 6.92 Å². The summed E-state index contributed by atoms with van der Waals surface area (Å²) in [7, 11) is 0. The van der Waals surface area contributed by atoms with Crippen molar-refractivity contribution in [3.63, 3.8) is 0 Å². The Labute approximate surface area is 93.6 Å². The minimum Gasteiger partial charge on any atom is -0.318 e. The molecule has 1 aromatic rings. The Bertz CT molecular complexity index is 470. The van der Waals surface area contributed by atoms with Crippen LogP contribution >= 0.6 is 27.5 Å². The zero-order valence-corrected chi connectivity index (χ0v) is 9.49. The van der Waals surface area contributed by atoms with Crippen molar-refractivity contribution in [2.75, 3.05) is 5.32 Å². The lowest BCUT2D eigenvalue weighted by atomic mass is 10.1. The van der Waals surface area contributed by atoms with Gasteiger partial charge in [0.2, 0.25) is 0 Å². The lowest BCUT2D eigenvalue weighted by Crippen LogP contribution is -2.12. The molecule has 1 N–H and O–H groups in total. The number of hydrogen-bond acceptors (Lipinski definition) is 2. The molecule has 0 unspecified atom stereocenters. The SMILES string of the molecule is Cc1c(Br)c(Cl)cc2c1NC(=O)C2=O. The third-order valence-corrected chi connectivity index (χ3v) is 3.69. The van der Waals surface area contributed by atoms with Gasteiger partial charge in [0, 0.05) is 4.47 Å². The van der Waals surface area contributed by atoms with Crippen molar-refractivity contribution < 1.29 is 9.59 Å². The molecule has 0 atom stereocenters. The zero-order chi connectivity index (χ0) is 10.5. The molecular formula is C9H5BrClNO2. The molecule has 2 rings (SSSR count). The smallest absolute Gasteiger partial charge is 0.296 e. The molecule has 0 saturated carbocycles. The Morgan fingerprint density at radius 1 is 1.43 bits per heavy atom. The number of amides is 1. The molecule has 72 valence electrons. The average Bonchev–Trinajstić information content (AvgIpc) is 2.42. The van der Waals surface area contributed by atoms with E-state index in [0.717, 1.165) is 5.56 Å². The highest BCUT2D eigenvalue weighted by molar-refractivity contribution is 9.10. The predicted octanol–water partition coefficient (Wildman–Crippen LogP) is 2.55. The second-order valence-electron chi connectivity index (χ2n) is 3.00. The van der Waals surface area contributed by atoms with Crippen LogP contribution in [0.15, 0.2) is 10.5 Å². The van der Waals surface area contributed by atoms with Gasteiger partial charge in [-0.2, -0.15) is 0 Å². The van der Waals surface area contributed by atoms with Crippen molar-refractivity contribution in [1.82, 2.24) is 0 Å². The van der Waals surface area contributed by atoms with Crippen LogP contribution in [-0.2, 0) is 4.79 Å². The second-order valence-corrected chi connectivity index (χ2v) is 4.20. The maximum absolute atomic E-state index is 11.3. The molecule has 1 aliphatic rings. The molecule has 14 heavy (non-hydrogen) atoms. The first kappa shape index (κ1) is 9.68. The van der Waals surface area contributed by atoms with Gasteiger partial charge < -0.3 is 5.32 Å². The summed E-state index contributed by atoms with van der Waals surface area (Å²) >= 11 is 9.15. The van der Waals surface area contributed by atoms with Gasteiger partial charge in [0.15, 0.2) is 0 Å². The largest absolute Gasteiger partial charge is 0.318 e. The average molecular weight is 275 g/mol. The summed E-state index contributed by atoms with van der Waals surface area (Å²) in [6.45, 7) is 1.79. The number of ketones is 1. The number of nitrogens with one attached hydrogen (secondary N) is 1. The van der Waals surface area contributed by atoms with E-state index >= 15 is 0 Å². The second kappa shape index (κ2) is 3.07. The number of fused-ring (bicyclic) bond motifs is 1. The van der Waals surface area contributed by atoms with E-state index in [-0.39, 0.29) is 0 Å². The molecule has 0 fully saturated rings. The van der Waals surface area contributed by atoms with Gasteiger partial charge in [-0.3, -0.25) is 9.59 Å². The van der Waals surface area contributed by atoms with Crippen molar-refractivity contribution in [2.45, 2.75) is 6.92 Å². The van der Waals surface area contributed by atoms with Crippen molar-refractivity contribution in [3.05, 3.63) is 26.7 Å². The number of rotatable bonds is 0. The third-order valence-electron chi connectivity index (χ3n) is 2.14. The zero-order valence-electron chi connectivity index (χ0n) is 7.15. The summed E-state index contributed by atoms with van der Waals surface area (Å²) < 4.78 is 0.702. The first-order chi connectivity index (χ1) is 6.52. The van der Waals surface area contributed by atoms with Crippen LogP contribution in [0.2, 0.25) is 5.02 Å². The van der Waals surface area contributed by atoms with Gasteiger partial charge in [0.1, 0.15) is 0 Å². The Hall–Kier alpha value is -0.870. The predicted molar refractivity (Wildman–Crippen MR) is 56.8 cm³/mol. The summed E-state index contributed by atoms with van der Waals surface area (Å²) in [5, 5.41) is 2.94. The topological polar surface area (TPSA) is 46.2 Å². The van der Waals surface area contributed by atoms with Crippen LogP contribution in [-0.4, -0.2) is 11.7 Å². The standard InChI is InChI=1S/C9H5BrClNO2/c1-3-6(10)5(11)2-4-7(3)12-9(14)8(4)13/h2H,1H3,(H,12,13,14). The molecule has 1 heterocycles. The van der Waals surface area contributed by atoms with Crippen LogP contribution in [0.4, 0.5) is 5.69 Å². The Morgan fingerprint density at radius 2 is 2.07 bits per heavy atom. The molecule has 1 aliphatic heterocycles. The molecule has 5 heteroatoms. The van der Waals surface area contributed by atoms with Gasteiger partial charge in [-0.15, -0.1) is 0 Å². The summed E-state index contributed by atoms with van der Waals surface area (Å²) in [6, 6.07) is 1.49. The minimum absolute atomic E-state index is 0.348. The number of benzene rings is 1. The molecular weight excluding hydrogens is 269 g/mol. The molecule has 0 aromatic heterocycles. The molecule has 0 spiro atoms. The van der Waals surface area contributed by atoms with E-state index in [2.05, 4.69) is 21.2 Å². The summed E-state index contributed by atoms with van der Waals surface area (Å²) in [4.78, 5) is 22.4. The molecule has 1 amide bonds. The molecule has 0 saturated heterocycles. The van der Waals surface area contributed by atoms with Crippen molar-refractivity contribution in [3.8, 4) is 0 Å². The molecule has 0 radical (unpaired) electrons. The van der Waals surface area contributed by atoms with Gasteiger partial charge >= 0.3 is 0 Å². The van der Waals surface area contributed by atoms with Crippen LogP contribution in [0.5, 0.6) is 0 Å². The van der Waals surface area contributed by atoms with E-state index in [1.807, 2.05) is 0 Å². The highest BCUT2D eigenvalue weighted by atomic mass is 79.9. The fraction of sp³-hybridized carbons (Fsp3) is 0.111. The van der Waals surface area contributed by atoms with E-state index in [0.29, 0.717) is 20.7 Å². The molecule has 3 nitrogen and oxygen atoms in total. The van der Waals surface area contributed by atoms with Crippen LogP contribution in [0.25, 0.3) is 0 Å². The van der Waals surface area contributed by atoms with Gasteiger partial charge in [-0.25, -0.2) is 0 Å². The molecule has 0 aliphatic carbocycles. The Kier molecular flexibility index (Phi) is 2.12. The van der Waals surface area contributed by atoms with Crippen LogP contribution in [0.3, 0.4) is 0 Å². The first-order valence-corrected chi connectivity index (χ1v) is 5.03. The van der Waals surface area contributed by atoms with Crippen LogP contribution in [0.1, 0.15) is 15.9 Å². The third kappa shape index (κ3) is 1.18. The van der Waals surface area contributed by atoms with Crippen molar-refractivity contribution in [1.29, 1.82) is 0 Å². The quantitative estimate of drug-likeness (QED) is 0.739. The molecule has 0 bridgehead atoms. The lowest BCUT2D eigenvalue weighted by Gasteiger charge is -2.06. The van der Waals surface area contributed by atoms with Gasteiger partial charge in [-0.05, 0) is 34.5 Å². The number of anilines is 1. The molecule has 1 aromatic carbocycles. The van der Waals surface area contributed by atoms with Crippen LogP contribution < -0.4 is 5.32 Å². The van der Waals surface area contributed by atoms with Gasteiger partial charge in [0.25, 0.3) is 11.7 Å². The van der Waals surface area contributed by atoms with E-state index in [4.69, 9.17) is 11.6 Å². The minimum atomic E-state index is -0.600. The lowest BCUT2D eigenvalue weighted by molar-refractivity contribution is -0.112. The number of Topliss-reactive ketones (excluding diaryl/α,β-unsaturated/α-hetero) is 1. The van der Waals surface area contributed by atoms with E-state index in [1.54, 1.807) is 6.92 Å². The monoisotopic (exact) mass is 273 g/mol. The van der Waals surface area contributed by atoms with Crippen molar-refractivity contribution >= 4 is 44.9 Å². The highest BCUT2D eigenvalue weighted by Crippen LogP contribution is 2.37. The van der Waals surface area contributed by atoms with E-state index in [1.165, 1.54) is 6.07 Å². The maximum Gasteiger partial charge on any atom is 0.296 e.